The van der Waals surface area contributed by atoms with Crippen molar-refractivity contribution in [2.75, 3.05) is 23.3 Å². The van der Waals surface area contributed by atoms with Crippen LogP contribution in [0, 0.1) is 0 Å². The summed E-state index contributed by atoms with van der Waals surface area (Å²) >= 11 is 1.33. The molecular weight excluding hydrogens is 418 g/mol. The van der Waals surface area contributed by atoms with E-state index in [1.54, 1.807) is 47.4 Å². The van der Waals surface area contributed by atoms with Gasteiger partial charge in [-0.2, -0.15) is 0 Å². The summed E-state index contributed by atoms with van der Waals surface area (Å²) in [6.07, 6.45) is 4.13. The maximum absolute atomic E-state index is 12.4. The number of amides is 3. The van der Waals surface area contributed by atoms with Crippen LogP contribution in [0.4, 0.5) is 11.4 Å². The number of hydrogen-bond acceptors (Lipinski definition) is 6. The van der Waals surface area contributed by atoms with Gasteiger partial charge in [-0.05, 0) is 42.1 Å². The molecule has 1 aliphatic heterocycles. The largest absolute Gasteiger partial charge is 0.472 e. The third kappa shape index (κ3) is 4.37. The van der Waals surface area contributed by atoms with Crippen molar-refractivity contribution >= 4 is 40.4 Å². The monoisotopic (exact) mass is 439 g/mol. The molecule has 160 valence electrons. The lowest BCUT2D eigenvalue weighted by molar-refractivity contribution is -0.136. The van der Waals surface area contributed by atoms with Crippen LogP contribution in [-0.4, -0.2) is 35.9 Å². The van der Waals surface area contributed by atoms with Crippen molar-refractivity contribution in [3.05, 3.63) is 70.8 Å². The molecule has 1 saturated heterocycles. The number of benzene rings is 1. The van der Waals surface area contributed by atoms with Crippen LogP contribution in [0.25, 0.3) is 0 Å². The Kier molecular flexibility index (Phi) is 5.88. The lowest BCUT2D eigenvalue weighted by Gasteiger charge is -2.26. The molecule has 1 atom stereocenters. The molecular formula is C22H21N3O5S. The van der Waals surface area contributed by atoms with Crippen LogP contribution in [0.1, 0.15) is 23.3 Å². The third-order valence-electron chi connectivity index (χ3n) is 5.13. The molecule has 2 aromatic heterocycles. The van der Waals surface area contributed by atoms with Gasteiger partial charge in [-0.25, -0.2) is 0 Å². The van der Waals surface area contributed by atoms with Gasteiger partial charge in [-0.1, -0.05) is 12.1 Å². The van der Waals surface area contributed by atoms with Crippen molar-refractivity contribution in [3.8, 4) is 0 Å². The van der Waals surface area contributed by atoms with E-state index in [0.717, 1.165) is 6.42 Å². The van der Waals surface area contributed by atoms with Crippen molar-refractivity contribution in [2.24, 2.45) is 0 Å². The predicted molar refractivity (Wildman–Crippen MR) is 116 cm³/mol. The highest BCUT2D eigenvalue weighted by molar-refractivity contribution is 7.10. The fourth-order valence-electron chi connectivity index (χ4n) is 3.49. The molecule has 0 saturated carbocycles. The second-order valence-corrected chi connectivity index (χ2v) is 8.13. The summed E-state index contributed by atoms with van der Waals surface area (Å²) in [5, 5.41) is 18.0. The highest BCUT2D eigenvalue weighted by Gasteiger charge is 2.35. The molecule has 1 aromatic carbocycles. The molecule has 3 N–H and O–H groups in total. The number of carbonyl (C=O) groups excluding carboxylic acids is 3. The summed E-state index contributed by atoms with van der Waals surface area (Å²) in [6.45, 7) is 0.424. The molecule has 9 heteroatoms. The van der Waals surface area contributed by atoms with Gasteiger partial charge in [0.05, 0.1) is 19.1 Å². The van der Waals surface area contributed by atoms with E-state index >= 15 is 0 Å². The first-order chi connectivity index (χ1) is 15.0. The zero-order valence-corrected chi connectivity index (χ0v) is 17.4. The Labute approximate surface area is 182 Å². The van der Waals surface area contributed by atoms with Crippen LogP contribution in [0.15, 0.2) is 64.8 Å². The smallest absolute Gasteiger partial charge is 0.313 e. The van der Waals surface area contributed by atoms with Crippen LogP contribution < -0.4 is 15.5 Å². The van der Waals surface area contributed by atoms with Gasteiger partial charge in [0.1, 0.15) is 5.60 Å². The number of anilines is 2. The summed E-state index contributed by atoms with van der Waals surface area (Å²) in [7, 11) is 0. The van der Waals surface area contributed by atoms with E-state index in [9.17, 15) is 19.5 Å². The number of furan rings is 1. The first kappa shape index (κ1) is 20.8. The van der Waals surface area contributed by atoms with E-state index in [4.69, 9.17) is 4.42 Å². The molecule has 3 aromatic rings. The number of carbonyl (C=O) groups is 3. The van der Waals surface area contributed by atoms with Gasteiger partial charge in [0, 0.05) is 34.8 Å². The topological polar surface area (TPSA) is 112 Å². The van der Waals surface area contributed by atoms with Crippen LogP contribution >= 0.6 is 11.3 Å². The Bertz CT molecular complexity index is 1040. The van der Waals surface area contributed by atoms with Gasteiger partial charge in [0.2, 0.25) is 5.91 Å². The standard InChI is InChI=1S/C22H21N3O5S/c26-19-7-2-9-25(19)17-5-1-4-16(12-17)24-21(28)20(27)23-14-22(29,15-8-10-30-13-15)18-6-3-11-31-18/h1,3-6,8,10-13,29H,2,7,9,14H2,(H,23,27)(H,24,28). The molecule has 0 radical (unpaired) electrons. The van der Waals surface area contributed by atoms with E-state index < -0.39 is 17.4 Å². The minimum absolute atomic E-state index is 0.0355. The molecule has 1 fully saturated rings. The Hall–Kier alpha value is -3.43. The zero-order valence-electron chi connectivity index (χ0n) is 16.5. The van der Waals surface area contributed by atoms with Crippen LogP contribution in [0.5, 0.6) is 0 Å². The minimum Gasteiger partial charge on any atom is -0.472 e. The summed E-state index contributed by atoms with van der Waals surface area (Å²) in [5.41, 5.74) is 0.0275. The second kappa shape index (κ2) is 8.75. The van der Waals surface area contributed by atoms with E-state index in [2.05, 4.69) is 10.6 Å². The number of hydrogen-bond donors (Lipinski definition) is 3. The fourth-order valence-corrected chi connectivity index (χ4v) is 4.34. The molecule has 3 amide bonds. The summed E-state index contributed by atoms with van der Waals surface area (Å²) in [5.74, 6) is -1.72. The van der Waals surface area contributed by atoms with E-state index in [1.165, 1.54) is 23.9 Å². The second-order valence-electron chi connectivity index (χ2n) is 7.19. The van der Waals surface area contributed by atoms with Gasteiger partial charge >= 0.3 is 11.8 Å². The van der Waals surface area contributed by atoms with E-state index in [1.807, 2.05) is 5.38 Å². The van der Waals surface area contributed by atoms with Gasteiger partial charge in [-0.3, -0.25) is 14.4 Å². The van der Waals surface area contributed by atoms with Gasteiger partial charge in [0.25, 0.3) is 0 Å². The normalized spacial score (nSPS) is 15.5. The van der Waals surface area contributed by atoms with Crippen LogP contribution in [-0.2, 0) is 20.0 Å². The number of nitrogens with one attached hydrogen (secondary N) is 2. The lowest BCUT2D eigenvalue weighted by atomic mass is 9.94. The van der Waals surface area contributed by atoms with Gasteiger partial charge < -0.3 is 25.1 Å². The number of rotatable bonds is 6. The van der Waals surface area contributed by atoms with Gasteiger partial charge in [0.15, 0.2) is 0 Å². The van der Waals surface area contributed by atoms with Crippen molar-refractivity contribution in [2.45, 2.75) is 18.4 Å². The van der Waals surface area contributed by atoms with Crippen molar-refractivity contribution < 1.29 is 23.9 Å². The molecule has 0 aliphatic carbocycles. The average molecular weight is 439 g/mol. The average Bonchev–Trinajstić information content (AvgIpc) is 3.54. The van der Waals surface area contributed by atoms with Crippen molar-refractivity contribution in [1.29, 1.82) is 0 Å². The maximum Gasteiger partial charge on any atom is 0.313 e. The first-order valence-corrected chi connectivity index (χ1v) is 10.6. The molecule has 3 heterocycles. The number of thiophene rings is 1. The molecule has 1 unspecified atom stereocenters. The molecule has 31 heavy (non-hydrogen) atoms. The van der Waals surface area contributed by atoms with E-state index in [-0.39, 0.29) is 12.5 Å². The summed E-state index contributed by atoms with van der Waals surface area (Å²) in [4.78, 5) is 39.0. The lowest BCUT2D eigenvalue weighted by Crippen LogP contribution is -2.44. The Balaban J connectivity index is 1.42. The third-order valence-corrected chi connectivity index (χ3v) is 6.15. The minimum atomic E-state index is -1.52. The SMILES string of the molecule is O=C(NCC(O)(c1ccoc1)c1cccs1)C(=O)Nc1cccc(N2CCCC2=O)c1. The quantitative estimate of drug-likeness (QED) is 0.511. The maximum atomic E-state index is 12.4. The molecule has 0 spiro atoms. The zero-order chi connectivity index (χ0) is 21.8. The van der Waals surface area contributed by atoms with E-state index in [0.29, 0.717) is 34.8 Å². The highest BCUT2D eigenvalue weighted by atomic mass is 32.1. The number of nitrogens with zero attached hydrogens (tertiary/aromatic N) is 1. The van der Waals surface area contributed by atoms with Crippen LogP contribution in [0.2, 0.25) is 0 Å². The summed E-state index contributed by atoms with van der Waals surface area (Å²) in [6, 6.07) is 11.9. The molecule has 1 aliphatic rings. The Morgan fingerprint density at radius 2 is 2.06 bits per heavy atom. The first-order valence-electron chi connectivity index (χ1n) is 9.76. The van der Waals surface area contributed by atoms with Crippen molar-refractivity contribution in [3.63, 3.8) is 0 Å². The Morgan fingerprint density at radius 3 is 2.74 bits per heavy atom. The fraction of sp³-hybridized carbons (Fsp3) is 0.227. The Morgan fingerprint density at radius 1 is 1.19 bits per heavy atom. The van der Waals surface area contributed by atoms with Gasteiger partial charge in [-0.15, -0.1) is 11.3 Å². The molecule has 4 rings (SSSR count). The predicted octanol–water partition coefficient (Wildman–Crippen LogP) is 2.46. The molecule has 8 nitrogen and oxygen atoms in total. The van der Waals surface area contributed by atoms with Crippen LogP contribution in [0.3, 0.4) is 0 Å². The highest BCUT2D eigenvalue weighted by Crippen LogP contribution is 2.32. The van der Waals surface area contributed by atoms with Crippen molar-refractivity contribution in [1.82, 2.24) is 5.32 Å². The molecule has 0 bridgehead atoms. The number of aliphatic hydroxyl groups is 1. The summed E-state index contributed by atoms with van der Waals surface area (Å²) < 4.78 is 5.08.